The minimum Gasteiger partial charge on any atom is -0.381 e. The Morgan fingerprint density at radius 3 is 2.88 bits per heavy atom. The van der Waals surface area contributed by atoms with E-state index in [-0.39, 0.29) is 0 Å². The second-order valence-electron chi connectivity index (χ2n) is 6.60. The molecule has 2 rings (SSSR count). The number of para-hydroxylation sites is 1. The van der Waals surface area contributed by atoms with Crippen molar-refractivity contribution in [3.63, 3.8) is 0 Å². The second-order valence-corrected chi connectivity index (χ2v) is 6.60. The number of nitrogens with zero attached hydrogens (tertiary/aromatic N) is 2. The normalized spacial score (nSPS) is 17.3. The van der Waals surface area contributed by atoms with Gasteiger partial charge in [0.2, 0.25) is 0 Å². The summed E-state index contributed by atoms with van der Waals surface area (Å²) < 4.78 is 11.1. The molecular formula is C20H34N4O2. The number of nitrogens with one attached hydrogen (secondary N) is 2. The van der Waals surface area contributed by atoms with Crippen molar-refractivity contribution in [3.05, 3.63) is 30.3 Å². The Labute approximate surface area is 158 Å². The topological polar surface area (TPSA) is 58.1 Å². The van der Waals surface area contributed by atoms with E-state index < -0.39 is 0 Å². The molecule has 0 saturated carbocycles. The highest BCUT2D eigenvalue weighted by atomic mass is 16.5. The standard InChI is InChI=1S/C20H34N4O2/c1-3-21-20(22-11-7-14-25-16-18-10-15-26-17-18)23-12-13-24(2)19-8-5-4-6-9-19/h4-6,8-9,18H,3,7,10-17H2,1-2H3,(H2,21,22,23). The van der Waals surface area contributed by atoms with Gasteiger partial charge in [0.15, 0.2) is 5.96 Å². The van der Waals surface area contributed by atoms with Gasteiger partial charge in [0.25, 0.3) is 0 Å². The summed E-state index contributed by atoms with van der Waals surface area (Å²) in [5, 5.41) is 6.69. The molecule has 1 heterocycles. The van der Waals surface area contributed by atoms with Crippen LogP contribution in [0.25, 0.3) is 0 Å². The molecule has 6 nitrogen and oxygen atoms in total. The molecular weight excluding hydrogens is 328 g/mol. The van der Waals surface area contributed by atoms with Crippen LogP contribution in [0, 0.1) is 5.92 Å². The molecule has 2 N–H and O–H groups in total. The number of hydrogen-bond donors (Lipinski definition) is 2. The van der Waals surface area contributed by atoms with Gasteiger partial charge in [-0.2, -0.15) is 0 Å². The summed E-state index contributed by atoms with van der Waals surface area (Å²) in [5.41, 5.74) is 1.22. The number of anilines is 1. The van der Waals surface area contributed by atoms with Crippen molar-refractivity contribution in [2.75, 3.05) is 64.6 Å². The average Bonchev–Trinajstić information content (AvgIpc) is 3.18. The van der Waals surface area contributed by atoms with Gasteiger partial charge in [-0.3, -0.25) is 4.99 Å². The molecule has 1 unspecified atom stereocenters. The van der Waals surface area contributed by atoms with Crippen LogP contribution in [0.1, 0.15) is 19.8 Å². The molecule has 0 bridgehead atoms. The number of benzene rings is 1. The van der Waals surface area contributed by atoms with E-state index in [1.165, 1.54) is 5.69 Å². The molecule has 1 saturated heterocycles. The zero-order valence-electron chi connectivity index (χ0n) is 16.2. The van der Waals surface area contributed by atoms with E-state index >= 15 is 0 Å². The van der Waals surface area contributed by atoms with E-state index in [2.05, 4.69) is 58.8 Å². The van der Waals surface area contributed by atoms with Crippen LogP contribution in [0.5, 0.6) is 0 Å². The zero-order valence-corrected chi connectivity index (χ0v) is 16.2. The molecule has 0 aromatic heterocycles. The van der Waals surface area contributed by atoms with Crippen molar-refractivity contribution in [1.29, 1.82) is 0 Å². The van der Waals surface area contributed by atoms with Gasteiger partial charge in [0.1, 0.15) is 0 Å². The summed E-state index contributed by atoms with van der Waals surface area (Å²) in [6.07, 6.45) is 2.07. The maximum Gasteiger partial charge on any atom is 0.191 e. The largest absolute Gasteiger partial charge is 0.381 e. The number of hydrogen-bond acceptors (Lipinski definition) is 4. The molecule has 1 aliphatic heterocycles. The molecule has 1 aromatic carbocycles. The first-order valence-corrected chi connectivity index (χ1v) is 9.73. The molecule has 26 heavy (non-hydrogen) atoms. The molecule has 1 atom stereocenters. The summed E-state index contributed by atoms with van der Waals surface area (Å²) in [7, 11) is 2.10. The molecule has 1 aliphatic rings. The molecule has 0 aliphatic carbocycles. The Kier molecular flexibility index (Phi) is 9.90. The number of guanidine groups is 1. The van der Waals surface area contributed by atoms with Gasteiger partial charge in [-0.15, -0.1) is 0 Å². The van der Waals surface area contributed by atoms with E-state index in [4.69, 9.17) is 9.47 Å². The van der Waals surface area contributed by atoms with E-state index in [0.717, 1.165) is 71.4 Å². The Bertz CT molecular complexity index is 504. The predicted octanol–water partition coefficient (Wildman–Crippen LogP) is 2.12. The maximum atomic E-state index is 5.72. The van der Waals surface area contributed by atoms with Crippen molar-refractivity contribution in [2.24, 2.45) is 10.9 Å². The molecule has 146 valence electrons. The zero-order chi connectivity index (χ0) is 18.5. The molecule has 0 amide bonds. The van der Waals surface area contributed by atoms with Gasteiger partial charge in [0.05, 0.1) is 13.2 Å². The fraction of sp³-hybridized carbons (Fsp3) is 0.650. The van der Waals surface area contributed by atoms with Crippen LogP contribution < -0.4 is 15.5 Å². The second kappa shape index (κ2) is 12.5. The van der Waals surface area contributed by atoms with Crippen molar-refractivity contribution in [1.82, 2.24) is 10.6 Å². The Hall–Kier alpha value is -1.79. The average molecular weight is 363 g/mol. The minimum atomic E-state index is 0.582. The lowest BCUT2D eigenvalue weighted by Gasteiger charge is -2.20. The van der Waals surface area contributed by atoms with Gasteiger partial charge >= 0.3 is 0 Å². The Morgan fingerprint density at radius 1 is 1.31 bits per heavy atom. The summed E-state index contributed by atoms with van der Waals surface area (Å²) in [4.78, 5) is 6.86. The van der Waals surface area contributed by atoms with Crippen LogP contribution in [0.3, 0.4) is 0 Å². The van der Waals surface area contributed by atoms with Gasteiger partial charge in [-0.25, -0.2) is 0 Å². The minimum absolute atomic E-state index is 0.582. The highest BCUT2D eigenvalue weighted by Crippen LogP contribution is 2.12. The van der Waals surface area contributed by atoms with Crippen molar-refractivity contribution in [3.8, 4) is 0 Å². The summed E-state index contributed by atoms with van der Waals surface area (Å²) in [6, 6.07) is 10.4. The van der Waals surface area contributed by atoms with E-state index in [9.17, 15) is 0 Å². The van der Waals surface area contributed by atoms with Crippen LogP contribution in [0.15, 0.2) is 35.3 Å². The number of rotatable bonds is 11. The molecule has 0 spiro atoms. The van der Waals surface area contributed by atoms with Gasteiger partial charge in [0, 0.05) is 58.0 Å². The SMILES string of the molecule is CCNC(=NCCCOCC1CCOC1)NCCN(C)c1ccccc1. The molecule has 1 aromatic rings. The Morgan fingerprint density at radius 2 is 2.15 bits per heavy atom. The quantitative estimate of drug-likeness (QED) is 0.359. The van der Waals surface area contributed by atoms with Gasteiger partial charge < -0.3 is 25.0 Å². The van der Waals surface area contributed by atoms with Crippen LogP contribution in [-0.2, 0) is 9.47 Å². The summed E-state index contributed by atoms with van der Waals surface area (Å²) in [6.45, 7) is 8.78. The molecule has 0 radical (unpaired) electrons. The Balaban J connectivity index is 1.59. The van der Waals surface area contributed by atoms with Gasteiger partial charge in [-0.1, -0.05) is 18.2 Å². The number of aliphatic imine (C=N–C) groups is 1. The highest BCUT2D eigenvalue weighted by molar-refractivity contribution is 5.79. The molecule has 1 fully saturated rings. The summed E-state index contributed by atoms with van der Waals surface area (Å²) >= 11 is 0. The van der Waals surface area contributed by atoms with Crippen LogP contribution >= 0.6 is 0 Å². The third kappa shape index (κ3) is 8.06. The number of likely N-dealkylation sites (N-methyl/N-ethyl adjacent to an activating group) is 1. The lowest BCUT2D eigenvalue weighted by atomic mass is 10.1. The smallest absolute Gasteiger partial charge is 0.191 e. The number of ether oxygens (including phenoxy) is 2. The third-order valence-corrected chi connectivity index (χ3v) is 4.38. The van der Waals surface area contributed by atoms with Gasteiger partial charge in [-0.05, 0) is 31.9 Å². The third-order valence-electron chi connectivity index (χ3n) is 4.38. The molecule has 6 heteroatoms. The van der Waals surface area contributed by atoms with Crippen molar-refractivity contribution >= 4 is 11.6 Å². The van der Waals surface area contributed by atoms with E-state index in [0.29, 0.717) is 5.92 Å². The fourth-order valence-electron chi connectivity index (χ4n) is 2.82. The fourth-order valence-corrected chi connectivity index (χ4v) is 2.82. The predicted molar refractivity (Wildman–Crippen MR) is 108 cm³/mol. The van der Waals surface area contributed by atoms with Crippen molar-refractivity contribution in [2.45, 2.75) is 19.8 Å². The van der Waals surface area contributed by atoms with Crippen molar-refractivity contribution < 1.29 is 9.47 Å². The van der Waals surface area contributed by atoms with E-state index in [1.54, 1.807) is 0 Å². The van der Waals surface area contributed by atoms with Crippen LogP contribution in [-0.4, -0.2) is 65.6 Å². The van der Waals surface area contributed by atoms with E-state index in [1.807, 2.05) is 6.07 Å². The van der Waals surface area contributed by atoms with Crippen LogP contribution in [0.4, 0.5) is 5.69 Å². The maximum absolute atomic E-state index is 5.72. The monoisotopic (exact) mass is 362 g/mol. The lowest BCUT2D eigenvalue weighted by molar-refractivity contribution is 0.0893. The van der Waals surface area contributed by atoms with Crippen LogP contribution in [0.2, 0.25) is 0 Å². The highest BCUT2D eigenvalue weighted by Gasteiger charge is 2.15. The lowest BCUT2D eigenvalue weighted by Crippen LogP contribution is -2.41. The first-order valence-electron chi connectivity index (χ1n) is 9.73. The summed E-state index contributed by atoms with van der Waals surface area (Å²) in [5.74, 6) is 1.46. The first kappa shape index (κ1) is 20.5. The first-order chi connectivity index (χ1) is 12.8.